The highest BCUT2D eigenvalue weighted by Crippen LogP contribution is 2.32. The smallest absolute Gasteiger partial charge is 0.253 e. The number of pyridine rings is 1. The van der Waals surface area contributed by atoms with Crippen LogP contribution < -0.4 is 0 Å². The predicted molar refractivity (Wildman–Crippen MR) is 97.5 cm³/mol. The highest BCUT2D eigenvalue weighted by atomic mass is 35.5. The second-order valence-electron chi connectivity index (χ2n) is 5.69. The van der Waals surface area contributed by atoms with Gasteiger partial charge in [-0.2, -0.15) is 13.2 Å². The maximum atomic E-state index is 13.9. The first-order valence-electron chi connectivity index (χ1n) is 7.66. The molecule has 0 saturated heterocycles. The standard InChI is InChI=1S/C18H12ClF4N3S/c1-9-10(2)27-17(25-9)26-16(15-4-3-13(19)8-24-15)11-5-12(18(21,22)23)7-14(20)6-11/h3-8H,1-2H3. The van der Waals surface area contributed by atoms with Crippen LogP contribution in [0.1, 0.15) is 27.4 Å². The van der Waals surface area contributed by atoms with E-state index in [-0.39, 0.29) is 17.0 Å². The third-order valence-corrected chi connectivity index (χ3v) is 4.88. The van der Waals surface area contributed by atoms with E-state index in [1.54, 1.807) is 6.92 Å². The molecule has 9 heteroatoms. The van der Waals surface area contributed by atoms with Crippen LogP contribution in [0.5, 0.6) is 0 Å². The van der Waals surface area contributed by atoms with E-state index < -0.39 is 17.6 Å². The summed E-state index contributed by atoms with van der Waals surface area (Å²) in [4.78, 5) is 13.7. The molecule has 27 heavy (non-hydrogen) atoms. The van der Waals surface area contributed by atoms with Crippen LogP contribution in [0.4, 0.5) is 22.7 Å². The van der Waals surface area contributed by atoms with Gasteiger partial charge in [0.2, 0.25) is 5.13 Å². The minimum atomic E-state index is -4.69. The number of alkyl halides is 3. The zero-order valence-electron chi connectivity index (χ0n) is 14.1. The molecule has 0 atom stereocenters. The first-order valence-corrected chi connectivity index (χ1v) is 8.86. The van der Waals surface area contributed by atoms with E-state index in [0.29, 0.717) is 16.2 Å². The fourth-order valence-electron chi connectivity index (χ4n) is 2.27. The van der Waals surface area contributed by atoms with Crippen molar-refractivity contribution in [2.45, 2.75) is 20.0 Å². The molecule has 140 valence electrons. The van der Waals surface area contributed by atoms with Crippen LogP contribution in [-0.2, 0) is 6.18 Å². The Morgan fingerprint density at radius 2 is 1.89 bits per heavy atom. The summed E-state index contributed by atoms with van der Waals surface area (Å²) < 4.78 is 53.2. The van der Waals surface area contributed by atoms with Crippen molar-refractivity contribution in [1.82, 2.24) is 9.97 Å². The van der Waals surface area contributed by atoms with Crippen LogP contribution in [0.3, 0.4) is 0 Å². The van der Waals surface area contributed by atoms with Gasteiger partial charge in [0, 0.05) is 16.6 Å². The van der Waals surface area contributed by atoms with Crippen molar-refractivity contribution in [3.8, 4) is 0 Å². The van der Waals surface area contributed by atoms with Gasteiger partial charge in [-0.15, -0.1) is 0 Å². The van der Waals surface area contributed by atoms with Crippen molar-refractivity contribution in [2.24, 2.45) is 4.99 Å². The number of rotatable bonds is 3. The molecule has 0 aliphatic rings. The average Bonchev–Trinajstić information content (AvgIpc) is 2.90. The molecular formula is C18H12ClF4N3S. The van der Waals surface area contributed by atoms with E-state index in [1.807, 2.05) is 6.92 Å². The molecule has 0 N–H and O–H groups in total. The van der Waals surface area contributed by atoms with Crippen LogP contribution in [-0.4, -0.2) is 15.7 Å². The molecule has 0 aliphatic carbocycles. The van der Waals surface area contributed by atoms with Gasteiger partial charge in [-0.25, -0.2) is 14.4 Å². The average molecular weight is 414 g/mol. The Morgan fingerprint density at radius 1 is 1.15 bits per heavy atom. The molecule has 3 aromatic rings. The number of nitrogens with zero attached hydrogens (tertiary/aromatic N) is 3. The summed E-state index contributed by atoms with van der Waals surface area (Å²) >= 11 is 7.12. The molecule has 3 rings (SSSR count). The molecule has 0 spiro atoms. The van der Waals surface area contributed by atoms with Crippen molar-refractivity contribution in [3.05, 3.63) is 74.8 Å². The van der Waals surface area contributed by atoms with Crippen LogP contribution in [0.2, 0.25) is 5.02 Å². The molecule has 0 amide bonds. The molecule has 0 aliphatic heterocycles. The Kier molecular flexibility index (Phi) is 5.30. The van der Waals surface area contributed by atoms with E-state index in [0.717, 1.165) is 22.7 Å². The summed E-state index contributed by atoms with van der Waals surface area (Å²) in [5, 5.41) is 0.698. The molecular weight excluding hydrogens is 402 g/mol. The SMILES string of the molecule is Cc1nc(N=C(c2cc(F)cc(C(F)(F)F)c2)c2ccc(Cl)cn2)sc1C. The summed E-state index contributed by atoms with van der Waals surface area (Å²) in [6.45, 7) is 3.66. The van der Waals surface area contributed by atoms with Gasteiger partial charge < -0.3 is 0 Å². The molecule has 0 saturated carbocycles. The second-order valence-corrected chi connectivity index (χ2v) is 7.30. The monoisotopic (exact) mass is 413 g/mol. The van der Waals surface area contributed by atoms with Crippen LogP contribution in [0.15, 0.2) is 41.5 Å². The van der Waals surface area contributed by atoms with Gasteiger partial charge >= 0.3 is 6.18 Å². The van der Waals surface area contributed by atoms with Crippen molar-refractivity contribution in [2.75, 3.05) is 0 Å². The molecule has 0 radical (unpaired) electrons. The lowest BCUT2D eigenvalue weighted by molar-refractivity contribution is -0.137. The molecule has 1 aromatic carbocycles. The first kappa shape index (κ1) is 19.4. The molecule has 0 bridgehead atoms. The van der Waals surface area contributed by atoms with E-state index in [4.69, 9.17) is 11.6 Å². The van der Waals surface area contributed by atoms with E-state index in [1.165, 1.54) is 29.7 Å². The summed E-state index contributed by atoms with van der Waals surface area (Å²) in [5.41, 5.74) is -0.0697. The lowest BCUT2D eigenvalue weighted by Gasteiger charge is -2.11. The van der Waals surface area contributed by atoms with Gasteiger partial charge in [-0.1, -0.05) is 22.9 Å². The molecule has 0 unspecified atom stereocenters. The molecule has 0 fully saturated rings. The minimum Gasteiger partial charge on any atom is -0.253 e. The largest absolute Gasteiger partial charge is 0.416 e. The van der Waals surface area contributed by atoms with E-state index in [2.05, 4.69) is 15.0 Å². The van der Waals surface area contributed by atoms with Crippen LogP contribution in [0.25, 0.3) is 0 Å². The lowest BCUT2D eigenvalue weighted by Crippen LogP contribution is -2.11. The van der Waals surface area contributed by atoms with Crippen molar-refractivity contribution in [1.29, 1.82) is 0 Å². The number of halogens is 5. The Hall–Kier alpha value is -2.32. The Bertz CT molecular complexity index is 991. The maximum Gasteiger partial charge on any atom is 0.416 e. The summed E-state index contributed by atoms with van der Waals surface area (Å²) in [6, 6.07) is 5.30. The van der Waals surface area contributed by atoms with Gasteiger partial charge in [-0.05, 0) is 44.2 Å². The molecule has 2 heterocycles. The topological polar surface area (TPSA) is 38.1 Å². The number of aromatic nitrogens is 2. The first-order chi connectivity index (χ1) is 12.6. The number of aryl methyl sites for hydroxylation is 2. The summed E-state index contributed by atoms with van der Waals surface area (Å²) in [7, 11) is 0. The Balaban J connectivity index is 2.21. The van der Waals surface area contributed by atoms with Crippen LogP contribution in [0, 0.1) is 19.7 Å². The number of thiazole rings is 1. The van der Waals surface area contributed by atoms with Gasteiger partial charge in [0.15, 0.2) is 0 Å². The number of benzene rings is 1. The zero-order valence-corrected chi connectivity index (χ0v) is 15.7. The Morgan fingerprint density at radius 3 is 2.44 bits per heavy atom. The second kappa shape index (κ2) is 7.36. The number of hydrogen-bond acceptors (Lipinski definition) is 4. The van der Waals surface area contributed by atoms with Crippen molar-refractivity contribution in [3.63, 3.8) is 0 Å². The van der Waals surface area contributed by atoms with Gasteiger partial charge in [0.1, 0.15) is 5.82 Å². The van der Waals surface area contributed by atoms with E-state index >= 15 is 0 Å². The third kappa shape index (κ3) is 4.51. The highest BCUT2D eigenvalue weighted by molar-refractivity contribution is 7.15. The lowest BCUT2D eigenvalue weighted by atomic mass is 10.0. The highest BCUT2D eigenvalue weighted by Gasteiger charge is 2.32. The van der Waals surface area contributed by atoms with Crippen molar-refractivity contribution >= 4 is 33.8 Å². The van der Waals surface area contributed by atoms with Gasteiger partial charge in [0.05, 0.1) is 27.7 Å². The van der Waals surface area contributed by atoms with Crippen LogP contribution >= 0.6 is 22.9 Å². The quantitative estimate of drug-likeness (QED) is 0.382. The fourth-order valence-corrected chi connectivity index (χ4v) is 3.17. The van der Waals surface area contributed by atoms with E-state index in [9.17, 15) is 17.6 Å². The van der Waals surface area contributed by atoms with Gasteiger partial charge in [0.25, 0.3) is 0 Å². The fraction of sp³-hybridized carbons (Fsp3) is 0.167. The summed E-state index contributed by atoms with van der Waals surface area (Å²) in [6.07, 6.45) is -3.35. The third-order valence-electron chi connectivity index (χ3n) is 3.69. The summed E-state index contributed by atoms with van der Waals surface area (Å²) in [5.74, 6) is -1.02. The maximum absolute atomic E-state index is 13.9. The number of hydrogen-bond donors (Lipinski definition) is 0. The number of aliphatic imine (C=N–C) groups is 1. The van der Waals surface area contributed by atoms with Gasteiger partial charge in [-0.3, -0.25) is 4.98 Å². The molecule has 3 nitrogen and oxygen atoms in total. The Labute approximate surface area is 161 Å². The zero-order chi connectivity index (χ0) is 19.8. The predicted octanol–water partition coefficient (Wildman–Crippen LogP) is 6.14. The minimum absolute atomic E-state index is 0.0531. The van der Waals surface area contributed by atoms with Crippen molar-refractivity contribution < 1.29 is 17.6 Å². The normalized spacial score (nSPS) is 12.5. The molecule has 2 aromatic heterocycles.